The zero-order valence-electron chi connectivity index (χ0n) is 12.0. The minimum atomic E-state index is -0.0363. The third-order valence-corrected chi connectivity index (χ3v) is 2.76. The van der Waals surface area contributed by atoms with Crippen LogP contribution in [0.4, 0.5) is 5.82 Å². The van der Waals surface area contributed by atoms with Crippen molar-refractivity contribution in [2.24, 2.45) is 0 Å². The van der Waals surface area contributed by atoms with Gasteiger partial charge in [0.1, 0.15) is 17.3 Å². The molecule has 0 aliphatic carbocycles. The van der Waals surface area contributed by atoms with Crippen molar-refractivity contribution in [3.05, 3.63) is 29.8 Å². The maximum Gasteiger partial charge on any atom is 0.180 e. The smallest absolute Gasteiger partial charge is 0.180 e. The number of hydrogen-bond donors (Lipinski definition) is 1. The highest BCUT2D eigenvalue weighted by Gasteiger charge is 2.18. The van der Waals surface area contributed by atoms with Crippen molar-refractivity contribution in [1.29, 1.82) is 0 Å². The van der Waals surface area contributed by atoms with E-state index in [9.17, 15) is 0 Å². The molecule has 2 heterocycles. The fraction of sp³-hybridized carbons (Fsp3) is 0.429. The normalized spacial score (nSPS) is 11.4. The molecule has 0 saturated carbocycles. The molecule has 5 nitrogen and oxygen atoms in total. The molecule has 100 valence electrons. The van der Waals surface area contributed by atoms with Crippen LogP contribution in [-0.4, -0.2) is 27.0 Å². The average Bonchev–Trinajstić information content (AvgIpc) is 2.37. The Bertz CT molecular complexity index is 587. The van der Waals surface area contributed by atoms with Crippen LogP contribution < -0.4 is 5.32 Å². The summed E-state index contributed by atoms with van der Waals surface area (Å²) in [5.41, 5.74) is 1.69. The quantitative estimate of drug-likeness (QED) is 0.895. The molecule has 0 spiro atoms. The van der Waals surface area contributed by atoms with Gasteiger partial charge in [-0.2, -0.15) is 0 Å². The number of hydrogen-bond acceptors (Lipinski definition) is 5. The van der Waals surface area contributed by atoms with E-state index in [1.54, 1.807) is 6.20 Å². The Morgan fingerprint density at radius 2 is 1.84 bits per heavy atom. The Hall–Kier alpha value is -2.04. The summed E-state index contributed by atoms with van der Waals surface area (Å²) in [4.78, 5) is 17.6. The van der Waals surface area contributed by atoms with Crippen molar-refractivity contribution in [3.8, 4) is 11.5 Å². The van der Waals surface area contributed by atoms with Crippen molar-refractivity contribution in [1.82, 2.24) is 19.9 Å². The van der Waals surface area contributed by atoms with Gasteiger partial charge in [0.05, 0.1) is 5.69 Å². The molecule has 19 heavy (non-hydrogen) atoms. The van der Waals surface area contributed by atoms with Gasteiger partial charge in [0.15, 0.2) is 5.82 Å². The van der Waals surface area contributed by atoms with E-state index in [0.29, 0.717) is 11.6 Å². The summed E-state index contributed by atoms with van der Waals surface area (Å²) in [5.74, 6) is 2.14. The van der Waals surface area contributed by atoms with E-state index in [0.717, 1.165) is 17.2 Å². The molecule has 0 radical (unpaired) electrons. The van der Waals surface area contributed by atoms with E-state index < -0.39 is 0 Å². The Morgan fingerprint density at radius 3 is 2.42 bits per heavy atom. The molecule has 0 unspecified atom stereocenters. The van der Waals surface area contributed by atoms with E-state index in [1.165, 1.54) is 0 Å². The van der Waals surface area contributed by atoms with E-state index in [4.69, 9.17) is 0 Å². The van der Waals surface area contributed by atoms with Crippen molar-refractivity contribution >= 4 is 5.82 Å². The van der Waals surface area contributed by atoms with E-state index >= 15 is 0 Å². The van der Waals surface area contributed by atoms with Crippen LogP contribution in [0, 0.1) is 6.92 Å². The van der Waals surface area contributed by atoms with Crippen LogP contribution in [0.25, 0.3) is 11.5 Å². The number of anilines is 1. The molecule has 0 bridgehead atoms. The van der Waals surface area contributed by atoms with Crippen LogP contribution in [-0.2, 0) is 5.41 Å². The Morgan fingerprint density at radius 1 is 1.11 bits per heavy atom. The van der Waals surface area contributed by atoms with Crippen molar-refractivity contribution in [2.45, 2.75) is 33.1 Å². The van der Waals surface area contributed by atoms with Crippen LogP contribution in [0.2, 0.25) is 0 Å². The van der Waals surface area contributed by atoms with Crippen molar-refractivity contribution in [2.75, 3.05) is 12.4 Å². The largest absolute Gasteiger partial charge is 0.373 e. The highest BCUT2D eigenvalue weighted by molar-refractivity contribution is 5.53. The minimum Gasteiger partial charge on any atom is -0.373 e. The second-order valence-electron chi connectivity index (χ2n) is 5.45. The molecule has 2 aromatic rings. The van der Waals surface area contributed by atoms with Crippen molar-refractivity contribution in [3.63, 3.8) is 0 Å². The van der Waals surface area contributed by atoms with Gasteiger partial charge in [-0.3, -0.25) is 0 Å². The molecule has 0 aromatic carbocycles. The summed E-state index contributed by atoms with van der Waals surface area (Å²) < 4.78 is 0. The monoisotopic (exact) mass is 257 g/mol. The number of aryl methyl sites for hydroxylation is 1. The molecule has 2 rings (SSSR count). The maximum atomic E-state index is 4.62. The molecule has 0 saturated heterocycles. The van der Waals surface area contributed by atoms with Gasteiger partial charge in [0.2, 0.25) is 0 Å². The summed E-state index contributed by atoms with van der Waals surface area (Å²) in [6, 6.07) is 3.80. The summed E-state index contributed by atoms with van der Waals surface area (Å²) in [5, 5.41) is 3.07. The molecule has 0 amide bonds. The lowest BCUT2D eigenvalue weighted by Gasteiger charge is -2.19. The van der Waals surface area contributed by atoms with E-state index in [2.05, 4.69) is 46.0 Å². The highest BCUT2D eigenvalue weighted by atomic mass is 15.0. The zero-order valence-corrected chi connectivity index (χ0v) is 12.0. The van der Waals surface area contributed by atoms with Crippen LogP contribution in [0.5, 0.6) is 0 Å². The molecule has 2 aromatic heterocycles. The molecule has 1 N–H and O–H groups in total. The molecular weight excluding hydrogens is 238 g/mol. The first-order valence-electron chi connectivity index (χ1n) is 6.27. The van der Waals surface area contributed by atoms with Gasteiger partial charge >= 0.3 is 0 Å². The van der Waals surface area contributed by atoms with Crippen LogP contribution in [0.3, 0.4) is 0 Å². The topological polar surface area (TPSA) is 63.6 Å². The Labute approximate surface area is 113 Å². The molecule has 0 fully saturated rings. The van der Waals surface area contributed by atoms with Crippen molar-refractivity contribution < 1.29 is 0 Å². The number of nitrogens with one attached hydrogen (secondary N) is 1. The first-order valence-corrected chi connectivity index (χ1v) is 6.27. The fourth-order valence-corrected chi connectivity index (χ4v) is 1.65. The second-order valence-corrected chi connectivity index (χ2v) is 5.45. The van der Waals surface area contributed by atoms with Gasteiger partial charge in [0.25, 0.3) is 0 Å². The lowest BCUT2D eigenvalue weighted by atomic mass is 9.92. The first-order chi connectivity index (χ1) is 8.90. The lowest BCUT2D eigenvalue weighted by Crippen LogP contribution is -2.15. The van der Waals surface area contributed by atoms with Gasteiger partial charge in [-0.15, -0.1) is 0 Å². The van der Waals surface area contributed by atoms with E-state index in [-0.39, 0.29) is 5.41 Å². The number of rotatable bonds is 2. The zero-order chi connectivity index (χ0) is 14.0. The molecule has 5 heteroatoms. The summed E-state index contributed by atoms with van der Waals surface area (Å²) in [6.45, 7) is 8.24. The van der Waals surface area contributed by atoms with Crippen LogP contribution >= 0.6 is 0 Å². The van der Waals surface area contributed by atoms with Gasteiger partial charge in [-0.1, -0.05) is 20.8 Å². The summed E-state index contributed by atoms with van der Waals surface area (Å²) >= 11 is 0. The first kappa shape index (κ1) is 13.4. The van der Waals surface area contributed by atoms with Gasteiger partial charge < -0.3 is 5.32 Å². The highest BCUT2D eigenvalue weighted by Crippen LogP contribution is 2.24. The Balaban J connectivity index is 2.57. The second kappa shape index (κ2) is 4.91. The van der Waals surface area contributed by atoms with Gasteiger partial charge in [-0.05, 0) is 13.0 Å². The molecule has 0 aliphatic heterocycles. The van der Waals surface area contributed by atoms with E-state index in [1.807, 2.05) is 26.1 Å². The molecule has 0 aliphatic rings. The fourth-order valence-electron chi connectivity index (χ4n) is 1.65. The summed E-state index contributed by atoms with van der Waals surface area (Å²) in [7, 11) is 1.85. The minimum absolute atomic E-state index is 0.0363. The predicted molar refractivity (Wildman–Crippen MR) is 76.0 cm³/mol. The Kier molecular flexibility index (Phi) is 3.46. The van der Waals surface area contributed by atoms with Gasteiger partial charge in [0, 0.05) is 24.7 Å². The predicted octanol–water partition coefficient (Wildman–Crippen LogP) is 2.58. The average molecular weight is 257 g/mol. The van der Waals surface area contributed by atoms with Crippen LogP contribution in [0.1, 0.15) is 32.3 Å². The SMILES string of the molecule is CNc1cc(C(C)(C)C)nc(-c2ccnc(C)n2)n1. The van der Waals surface area contributed by atoms with Gasteiger partial charge in [-0.25, -0.2) is 19.9 Å². The number of nitrogens with zero attached hydrogens (tertiary/aromatic N) is 4. The third-order valence-electron chi connectivity index (χ3n) is 2.76. The number of aromatic nitrogens is 4. The van der Waals surface area contributed by atoms with Crippen LogP contribution in [0.15, 0.2) is 18.3 Å². The maximum absolute atomic E-state index is 4.62. The third kappa shape index (κ3) is 3.05. The lowest BCUT2D eigenvalue weighted by molar-refractivity contribution is 0.568. The summed E-state index contributed by atoms with van der Waals surface area (Å²) in [6.07, 6.45) is 1.73. The molecular formula is C14H19N5. The standard InChI is InChI=1S/C14H19N5/c1-9-16-7-6-10(17-9)13-18-11(14(2,3)4)8-12(15-5)19-13/h6-8H,1-5H3,(H,15,18,19). The molecule has 0 atom stereocenters.